The molecule has 1 N–H and O–H groups in total. The fourth-order valence-electron chi connectivity index (χ4n) is 3.57. The second kappa shape index (κ2) is 9.13. The Kier molecular flexibility index (Phi) is 6.11. The summed E-state index contributed by atoms with van der Waals surface area (Å²) in [7, 11) is 0. The van der Waals surface area contributed by atoms with Gasteiger partial charge >= 0.3 is 6.03 Å². The Hall–Kier alpha value is -3.81. The van der Waals surface area contributed by atoms with E-state index in [-0.39, 0.29) is 24.0 Å². The van der Waals surface area contributed by atoms with Crippen LogP contribution in [0.1, 0.15) is 22.3 Å². The summed E-state index contributed by atoms with van der Waals surface area (Å²) in [6, 6.07) is 14.8. The van der Waals surface area contributed by atoms with Crippen LogP contribution in [-0.2, 0) is 6.54 Å². The lowest BCUT2D eigenvalue weighted by Crippen LogP contribution is -2.49. The summed E-state index contributed by atoms with van der Waals surface area (Å²) in [5.41, 5.74) is 1.59. The van der Waals surface area contributed by atoms with Gasteiger partial charge in [0.1, 0.15) is 17.5 Å². The van der Waals surface area contributed by atoms with Crippen LogP contribution in [0.5, 0.6) is 0 Å². The van der Waals surface area contributed by atoms with Crippen molar-refractivity contribution in [3.05, 3.63) is 95.3 Å². The zero-order valence-electron chi connectivity index (χ0n) is 17.0. The highest BCUT2D eigenvalue weighted by Gasteiger charge is 2.27. The van der Waals surface area contributed by atoms with Gasteiger partial charge in [-0.2, -0.15) is 0 Å². The lowest BCUT2D eigenvalue weighted by molar-refractivity contribution is 0.102. The molecule has 0 bridgehead atoms. The number of nitrogens with one attached hydrogen (secondary N) is 1. The molecule has 0 saturated carbocycles. The second-order valence-corrected chi connectivity index (χ2v) is 7.45. The van der Waals surface area contributed by atoms with Crippen LogP contribution in [0, 0.1) is 17.5 Å². The summed E-state index contributed by atoms with van der Waals surface area (Å²) in [5, 5.41) is 2.72. The molecule has 0 radical (unpaired) electrons. The summed E-state index contributed by atoms with van der Waals surface area (Å²) in [5.74, 6) is -1.92. The topological polar surface area (TPSA) is 52.7 Å². The molecule has 0 unspecified atom stereocenters. The first-order valence-corrected chi connectivity index (χ1v) is 10.1. The Morgan fingerprint density at radius 3 is 2.28 bits per heavy atom. The van der Waals surface area contributed by atoms with Crippen molar-refractivity contribution in [1.29, 1.82) is 0 Å². The molecule has 1 aliphatic rings. The van der Waals surface area contributed by atoms with Crippen molar-refractivity contribution < 1.29 is 22.8 Å². The summed E-state index contributed by atoms with van der Waals surface area (Å²) in [4.78, 5) is 28.2. The highest BCUT2D eigenvalue weighted by atomic mass is 19.1. The maximum Gasteiger partial charge on any atom is 0.324 e. The Morgan fingerprint density at radius 1 is 0.875 bits per heavy atom. The van der Waals surface area contributed by atoms with E-state index in [1.54, 1.807) is 29.2 Å². The largest absolute Gasteiger partial charge is 0.324 e. The van der Waals surface area contributed by atoms with Crippen LogP contribution in [0.3, 0.4) is 0 Å². The van der Waals surface area contributed by atoms with Crippen molar-refractivity contribution >= 4 is 23.3 Å². The molecule has 8 heteroatoms. The van der Waals surface area contributed by atoms with E-state index < -0.39 is 17.5 Å². The van der Waals surface area contributed by atoms with Gasteiger partial charge in [-0.05, 0) is 73.2 Å². The average molecular weight is 439 g/mol. The molecule has 5 nitrogen and oxygen atoms in total. The monoisotopic (exact) mass is 439 g/mol. The first kappa shape index (κ1) is 21.4. The fraction of sp³-hybridized carbons (Fsp3) is 0.167. The van der Waals surface area contributed by atoms with Crippen LogP contribution in [0.15, 0.2) is 66.7 Å². The SMILES string of the molecule is O=C(Nc1ccc(N2CCCN(Cc3cc(F)ccc3F)C2=O)cc1)c1ccc(F)cc1. The van der Waals surface area contributed by atoms with Crippen LogP contribution in [0.25, 0.3) is 0 Å². The van der Waals surface area contributed by atoms with E-state index >= 15 is 0 Å². The van der Waals surface area contributed by atoms with Crippen molar-refractivity contribution in [2.45, 2.75) is 13.0 Å². The quantitative estimate of drug-likeness (QED) is 0.595. The Labute approximate surface area is 183 Å². The number of carbonyl (C=O) groups excluding carboxylic acids is 2. The van der Waals surface area contributed by atoms with Crippen LogP contribution in [-0.4, -0.2) is 29.9 Å². The van der Waals surface area contributed by atoms with Gasteiger partial charge in [0, 0.05) is 35.6 Å². The normalized spacial score (nSPS) is 13.9. The molecule has 0 aliphatic carbocycles. The highest BCUT2D eigenvalue weighted by Crippen LogP contribution is 2.24. The minimum atomic E-state index is -0.558. The molecular formula is C24H20F3N3O2. The van der Waals surface area contributed by atoms with Crippen LogP contribution in [0.4, 0.5) is 29.3 Å². The molecule has 1 heterocycles. The van der Waals surface area contributed by atoms with Gasteiger partial charge in [0.05, 0.1) is 6.54 Å². The zero-order valence-corrected chi connectivity index (χ0v) is 17.0. The molecule has 1 fully saturated rings. The smallest absolute Gasteiger partial charge is 0.322 e. The van der Waals surface area contributed by atoms with E-state index in [1.165, 1.54) is 29.2 Å². The van der Waals surface area contributed by atoms with Crippen LogP contribution in [0.2, 0.25) is 0 Å². The van der Waals surface area contributed by atoms with Crippen molar-refractivity contribution in [3.8, 4) is 0 Å². The van der Waals surface area contributed by atoms with Crippen molar-refractivity contribution in [3.63, 3.8) is 0 Å². The van der Waals surface area contributed by atoms with E-state index in [0.717, 1.165) is 18.2 Å². The van der Waals surface area contributed by atoms with E-state index in [4.69, 9.17) is 0 Å². The number of amides is 3. The first-order chi connectivity index (χ1) is 15.4. The standard InChI is InChI=1S/C24H20F3N3O2/c25-18-4-2-16(3-5-18)23(31)28-20-7-9-21(10-8-20)30-13-1-12-29(24(30)32)15-17-14-19(26)6-11-22(17)27/h2-11,14H,1,12-13,15H2,(H,28,31). The number of rotatable bonds is 5. The third-order valence-corrected chi connectivity index (χ3v) is 5.22. The maximum absolute atomic E-state index is 14.0. The fourth-order valence-corrected chi connectivity index (χ4v) is 3.57. The number of hydrogen-bond acceptors (Lipinski definition) is 2. The molecule has 0 spiro atoms. The molecule has 3 amide bonds. The van der Waals surface area contributed by atoms with Gasteiger partial charge in [0.15, 0.2) is 0 Å². The van der Waals surface area contributed by atoms with Gasteiger partial charge in [0.2, 0.25) is 0 Å². The van der Waals surface area contributed by atoms with E-state index in [2.05, 4.69) is 5.32 Å². The minimum absolute atomic E-state index is 0.0231. The van der Waals surface area contributed by atoms with Gasteiger partial charge < -0.3 is 10.2 Å². The predicted molar refractivity (Wildman–Crippen MR) is 115 cm³/mol. The maximum atomic E-state index is 14.0. The highest BCUT2D eigenvalue weighted by molar-refractivity contribution is 6.04. The molecule has 3 aromatic rings. The minimum Gasteiger partial charge on any atom is -0.322 e. The summed E-state index contributed by atoms with van der Waals surface area (Å²) in [6.45, 7) is 0.907. The van der Waals surface area contributed by atoms with E-state index in [0.29, 0.717) is 36.4 Å². The second-order valence-electron chi connectivity index (χ2n) is 7.45. The molecule has 3 aromatic carbocycles. The molecule has 0 atom stereocenters. The van der Waals surface area contributed by atoms with Gasteiger partial charge in [-0.3, -0.25) is 9.69 Å². The van der Waals surface area contributed by atoms with Gasteiger partial charge in [0.25, 0.3) is 5.91 Å². The molecule has 1 aliphatic heterocycles. The summed E-state index contributed by atoms with van der Waals surface area (Å²) >= 11 is 0. The van der Waals surface area contributed by atoms with Crippen molar-refractivity contribution in [2.24, 2.45) is 0 Å². The number of carbonyl (C=O) groups is 2. The van der Waals surface area contributed by atoms with Gasteiger partial charge in [-0.15, -0.1) is 0 Å². The molecule has 0 aromatic heterocycles. The summed E-state index contributed by atoms with van der Waals surface area (Å²) < 4.78 is 40.5. The number of nitrogens with zero attached hydrogens (tertiary/aromatic N) is 2. The predicted octanol–water partition coefficient (Wildman–Crippen LogP) is 5.19. The molecule has 4 rings (SSSR count). The van der Waals surface area contributed by atoms with E-state index in [1.807, 2.05) is 0 Å². The molecule has 164 valence electrons. The number of anilines is 2. The third kappa shape index (κ3) is 4.74. The van der Waals surface area contributed by atoms with Crippen molar-refractivity contribution in [2.75, 3.05) is 23.3 Å². The average Bonchev–Trinajstić information content (AvgIpc) is 2.79. The van der Waals surface area contributed by atoms with Crippen LogP contribution >= 0.6 is 0 Å². The number of benzene rings is 3. The van der Waals surface area contributed by atoms with Gasteiger partial charge in [-0.1, -0.05) is 0 Å². The number of halogens is 3. The lowest BCUT2D eigenvalue weighted by Gasteiger charge is -2.35. The molecular weight excluding hydrogens is 419 g/mol. The summed E-state index contributed by atoms with van der Waals surface area (Å²) in [6.07, 6.45) is 0.672. The van der Waals surface area contributed by atoms with Crippen LogP contribution < -0.4 is 10.2 Å². The molecule has 32 heavy (non-hydrogen) atoms. The first-order valence-electron chi connectivity index (χ1n) is 10.1. The molecule has 1 saturated heterocycles. The Bertz CT molecular complexity index is 1130. The van der Waals surface area contributed by atoms with Gasteiger partial charge in [-0.25, -0.2) is 18.0 Å². The number of urea groups is 1. The Morgan fingerprint density at radius 2 is 1.56 bits per heavy atom. The lowest BCUT2D eigenvalue weighted by atomic mass is 10.1. The number of hydrogen-bond donors (Lipinski definition) is 1. The third-order valence-electron chi connectivity index (χ3n) is 5.22. The van der Waals surface area contributed by atoms with Crippen molar-refractivity contribution in [1.82, 2.24) is 4.90 Å². The Balaban J connectivity index is 1.43. The zero-order chi connectivity index (χ0) is 22.7. The van der Waals surface area contributed by atoms with E-state index in [9.17, 15) is 22.8 Å².